The van der Waals surface area contributed by atoms with Crippen LogP contribution in [0.5, 0.6) is 0 Å². The smallest absolute Gasteiger partial charge is 0.125 e. The van der Waals surface area contributed by atoms with Gasteiger partial charge in [0, 0.05) is 18.3 Å². The van der Waals surface area contributed by atoms with Gasteiger partial charge in [-0.25, -0.2) is 4.39 Å². The highest BCUT2D eigenvalue weighted by molar-refractivity contribution is 5.42. The summed E-state index contributed by atoms with van der Waals surface area (Å²) in [5.41, 5.74) is 0.890. The number of benzene rings is 1. The van der Waals surface area contributed by atoms with E-state index in [-0.39, 0.29) is 5.82 Å². The maximum absolute atomic E-state index is 13.0. The van der Waals surface area contributed by atoms with Crippen LogP contribution in [0.1, 0.15) is 25.7 Å². The first-order valence-corrected chi connectivity index (χ1v) is 6.44. The van der Waals surface area contributed by atoms with Gasteiger partial charge in [0.1, 0.15) is 5.82 Å². The summed E-state index contributed by atoms with van der Waals surface area (Å²) in [7, 11) is 2.04. The minimum atomic E-state index is -0.172. The quantitative estimate of drug-likeness (QED) is 0.839. The van der Waals surface area contributed by atoms with E-state index in [0.29, 0.717) is 6.04 Å². The van der Waals surface area contributed by atoms with Crippen LogP contribution in [0.2, 0.25) is 0 Å². The molecule has 94 valence electrons. The normalized spacial score (nSPS) is 24.6. The molecule has 0 unspecified atom stereocenters. The molecule has 1 aliphatic rings. The summed E-state index contributed by atoms with van der Waals surface area (Å²) >= 11 is 0. The van der Waals surface area contributed by atoms with Crippen molar-refractivity contribution in [2.75, 3.05) is 18.9 Å². The monoisotopic (exact) mass is 236 g/mol. The zero-order valence-corrected chi connectivity index (χ0v) is 10.4. The molecule has 1 aliphatic carbocycles. The first kappa shape index (κ1) is 12.4. The van der Waals surface area contributed by atoms with Gasteiger partial charge >= 0.3 is 0 Å². The largest absolute Gasteiger partial charge is 0.385 e. The molecule has 0 atom stereocenters. The Morgan fingerprint density at radius 3 is 2.65 bits per heavy atom. The molecule has 0 amide bonds. The van der Waals surface area contributed by atoms with E-state index in [1.54, 1.807) is 12.1 Å². The third-order valence-electron chi connectivity index (χ3n) is 3.67. The van der Waals surface area contributed by atoms with Gasteiger partial charge in [-0.1, -0.05) is 6.07 Å². The summed E-state index contributed by atoms with van der Waals surface area (Å²) in [5, 5.41) is 6.66. The molecule has 0 heterocycles. The van der Waals surface area contributed by atoms with Gasteiger partial charge in [-0.05, 0) is 56.8 Å². The predicted octanol–water partition coefficient (Wildman–Crippen LogP) is 3.02. The fourth-order valence-corrected chi connectivity index (χ4v) is 2.52. The molecule has 0 bridgehead atoms. The first-order valence-electron chi connectivity index (χ1n) is 6.44. The topological polar surface area (TPSA) is 24.1 Å². The van der Waals surface area contributed by atoms with Crippen LogP contribution in [0.4, 0.5) is 10.1 Å². The van der Waals surface area contributed by atoms with Gasteiger partial charge in [0.25, 0.3) is 0 Å². The molecule has 17 heavy (non-hydrogen) atoms. The van der Waals surface area contributed by atoms with Crippen molar-refractivity contribution in [3.8, 4) is 0 Å². The predicted molar refractivity (Wildman–Crippen MR) is 69.7 cm³/mol. The van der Waals surface area contributed by atoms with Crippen LogP contribution in [0.15, 0.2) is 24.3 Å². The summed E-state index contributed by atoms with van der Waals surface area (Å²) < 4.78 is 13.0. The van der Waals surface area contributed by atoms with Crippen LogP contribution in [0, 0.1) is 11.7 Å². The number of nitrogens with one attached hydrogen (secondary N) is 2. The zero-order chi connectivity index (χ0) is 12.1. The van der Waals surface area contributed by atoms with E-state index in [2.05, 4.69) is 10.6 Å². The fourth-order valence-electron chi connectivity index (χ4n) is 2.52. The molecular formula is C14H21FN2. The highest BCUT2D eigenvalue weighted by Crippen LogP contribution is 2.24. The summed E-state index contributed by atoms with van der Waals surface area (Å²) in [6.07, 6.45) is 5.03. The molecule has 3 heteroatoms. The van der Waals surface area contributed by atoms with E-state index in [9.17, 15) is 4.39 Å². The van der Waals surface area contributed by atoms with Crippen molar-refractivity contribution in [1.29, 1.82) is 0 Å². The molecule has 1 fully saturated rings. The third kappa shape index (κ3) is 3.70. The average molecular weight is 236 g/mol. The SMILES string of the molecule is CNC1CCC(CNc2cccc(F)c2)CC1. The maximum Gasteiger partial charge on any atom is 0.125 e. The lowest BCUT2D eigenvalue weighted by Crippen LogP contribution is -2.32. The second-order valence-corrected chi connectivity index (χ2v) is 4.90. The molecule has 0 aromatic heterocycles. The second kappa shape index (κ2) is 6.01. The van der Waals surface area contributed by atoms with Crippen LogP contribution in [0.3, 0.4) is 0 Å². The molecule has 2 N–H and O–H groups in total. The number of rotatable bonds is 4. The molecule has 1 aromatic rings. The second-order valence-electron chi connectivity index (χ2n) is 4.90. The van der Waals surface area contributed by atoms with Crippen LogP contribution >= 0.6 is 0 Å². The Kier molecular flexibility index (Phi) is 4.37. The Morgan fingerprint density at radius 1 is 1.24 bits per heavy atom. The van der Waals surface area contributed by atoms with E-state index < -0.39 is 0 Å². The van der Waals surface area contributed by atoms with Crippen molar-refractivity contribution in [1.82, 2.24) is 5.32 Å². The van der Waals surface area contributed by atoms with Gasteiger partial charge in [0.2, 0.25) is 0 Å². The van der Waals surface area contributed by atoms with Gasteiger partial charge in [0.05, 0.1) is 0 Å². The van der Waals surface area contributed by atoms with Gasteiger partial charge in [0.15, 0.2) is 0 Å². The number of hydrogen-bond donors (Lipinski definition) is 2. The van der Waals surface area contributed by atoms with E-state index >= 15 is 0 Å². The Bertz CT molecular complexity index is 346. The van der Waals surface area contributed by atoms with Crippen molar-refractivity contribution in [2.24, 2.45) is 5.92 Å². The highest BCUT2D eigenvalue weighted by Gasteiger charge is 2.19. The van der Waals surface area contributed by atoms with E-state index in [4.69, 9.17) is 0 Å². The Hall–Kier alpha value is -1.09. The van der Waals surface area contributed by atoms with Crippen LogP contribution < -0.4 is 10.6 Å². The Balaban J connectivity index is 1.76. The lowest BCUT2D eigenvalue weighted by atomic mass is 9.86. The molecule has 0 spiro atoms. The minimum absolute atomic E-state index is 0.172. The molecule has 0 radical (unpaired) electrons. The van der Waals surface area contributed by atoms with Crippen molar-refractivity contribution in [3.05, 3.63) is 30.1 Å². The van der Waals surface area contributed by atoms with Gasteiger partial charge in [-0.15, -0.1) is 0 Å². The van der Waals surface area contributed by atoms with Crippen molar-refractivity contribution >= 4 is 5.69 Å². The molecule has 0 saturated heterocycles. The molecule has 1 aromatic carbocycles. The van der Waals surface area contributed by atoms with E-state index in [1.165, 1.54) is 31.7 Å². The molecular weight excluding hydrogens is 215 g/mol. The van der Waals surface area contributed by atoms with E-state index in [1.807, 2.05) is 13.1 Å². The number of halogens is 1. The third-order valence-corrected chi connectivity index (χ3v) is 3.67. The van der Waals surface area contributed by atoms with Gasteiger partial charge in [-0.2, -0.15) is 0 Å². The Morgan fingerprint density at radius 2 is 2.00 bits per heavy atom. The molecule has 1 saturated carbocycles. The lowest BCUT2D eigenvalue weighted by Gasteiger charge is -2.28. The van der Waals surface area contributed by atoms with Crippen molar-refractivity contribution in [2.45, 2.75) is 31.7 Å². The summed E-state index contributed by atoms with van der Waals surface area (Å²) in [6, 6.07) is 7.39. The van der Waals surface area contributed by atoms with Crippen LogP contribution in [-0.4, -0.2) is 19.6 Å². The number of hydrogen-bond acceptors (Lipinski definition) is 2. The minimum Gasteiger partial charge on any atom is -0.385 e. The molecule has 0 aliphatic heterocycles. The van der Waals surface area contributed by atoms with E-state index in [0.717, 1.165) is 18.2 Å². The van der Waals surface area contributed by atoms with Crippen LogP contribution in [0.25, 0.3) is 0 Å². The Labute approximate surface area is 103 Å². The summed E-state index contributed by atoms with van der Waals surface area (Å²) in [4.78, 5) is 0. The fraction of sp³-hybridized carbons (Fsp3) is 0.571. The van der Waals surface area contributed by atoms with Gasteiger partial charge in [-0.3, -0.25) is 0 Å². The van der Waals surface area contributed by atoms with Gasteiger partial charge < -0.3 is 10.6 Å². The average Bonchev–Trinajstić information content (AvgIpc) is 2.37. The molecule has 2 rings (SSSR count). The highest BCUT2D eigenvalue weighted by atomic mass is 19.1. The zero-order valence-electron chi connectivity index (χ0n) is 10.4. The maximum atomic E-state index is 13.0. The summed E-state index contributed by atoms with van der Waals surface area (Å²) in [6.45, 7) is 0.958. The van der Waals surface area contributed by atoms with Crippen LogP contribution in [-0.2, 0) is 0 Å². The summed E-state index contributed by atoms with van der Waals surface area (Å²) in [5.74, 6) is 0.553. The lowest BCUT2D eigenvalue weighted by molar-refractivity contribution is 0.312. The number of anilines is 1. The van der Waals surface area contributed by atoms with Crippen molar-refractivity contribution < 1.29 is 4.39 Å². The first-order chi connectivity index (χ1) is 8.28. The van der Waals surface area contributed by atoms with Crippen molar-refractivity contribution in [3.63, 3.8) is 0 Å². The standard InChI is InChI=1S/C14H21FN2/c1-16-13-7-5-11(6-8-13)10-17-14-4-2-3-12(15)9-14/h2-4,9,11,13,16-17H,5-8,10H2,1H3. The molecule has 2 nitrogen and oxygen atoms in total.